The monoisotopic (exact) mass is 422 g/mol. The Labute approximate surface area is 160 Å². The van der Waals surface area contributed by atoms with Crippen molar-refractivity contribution >= 4 is 39.1 Å². The Kier molecular flexibility index (Phi) is 5.99. The van der Waals surface area contributed by atoms with Crippen molar-refractivity contribution in [3.8, 4) is 0 Å². The molecule has 0 aliphatic heterocycles. The fourth-order valence-electron chi connectivity index (χ4n) is 2.82. The highest BCUT2D eigenvalue weighted by Crippen LogP contribution is 2.32. The van der Waals surface area contributed by atoms with Crippen molar-refractivity contribution in [2.24, 2.45) is 0 Å². The van der Waals surface area contributed by atoms with Crippen LogP contribution in [0.1, 0.15) is 23.5 Å². The summed E-state index contributed by atoms with van der Waals surface area (Å²) in [5.41, 5.74) is 2.45. The van der Waals surface area contributed by atoms with Crippen LogP contribution in [0, 0.1) is 0 Å². The Morgan fingerprint density at radius 1 is 1.08 bits per heavy atom. The first-order valence-electron chi connectivity index (χ1n) is 7.77. The molecule has 24 heavy (non-hydrogen) atoms. The highest BCUT2D eigenvalue weighted by Gasteiger charge is 2.16. The molecule has 0 amide bonds. The topological polar surface area (TPSA) is 17.8 Å². The zero-order valence-electron chi connectivity index (χ0n) is 13.0. The second-order valence-electron chi connectivity index (χ2n) is 5.79. The quantitative estimate of drug-likeness (QED) is 0.450. The molecule has 0 bridgehead atoms. The van der Waals surface area contributed by atoms with Gasteiger partial charge in [-0.3, -0.25) is 0 Å². The molecule has 1 aromatic heterocycles. The Morgan fingerprint density at radius 3 is 2.54 bits per heavy atom. The van der Waals surface area contributed by atoms with Gasteiger partial charge in [0.15, 0.2) is 0 Å². The van der Waals surface area contributed by atoms with Crippen LogP contribution in [0.2, 0.25) is 10.0 Å². The molecular weight excluding hydrogens is 407 g/mol. The molecule has 5 heteroatoms. The zero-order chi connectivity index (χ0) is 16.9. The minimum atomic E-state index is 0.299. The number of imidazole rings is 1. The van der Waals surface area contributed by atoms with Crippen LogP contribution in [0.25, 0.3) is 0 Å². The van der Waals surface area contributed by atoms with Crippen molar-refractivity contribution in [2.45, 2.75) is 25.3 Å². The highest BCUT2D eigenvalue weighted by atomic mass is 79.9. The molecule has 1 unspecified atom stereocenters. The lowest BCUT2D eigenvalue weighted by molar-refractivity contribution is 0.525. The summed E-state index contributed by atoms with van der Waals surface area (Å²) in [4.78, 5) is 4.14. The van der Waals surface area contributed by atoms with Crippen molar-refractivity contribution in [3.05, 3.63) is 86.8 Å². The van der Waals surface area contributed by atoms with Gasteiger partial charge in [-0.15, -0.1) is 0 Å². The van der Waals surface area contributed by atoms with E-state index in [1.54, 1.807) is 6.20 Å². The molecular formula is C19H17BrCl2N2. The predicted octanol–water partition coefficient (Wildman–Crippen LogP) is 6.37. The average Bonchev–Trinajstić information content (AvgIpc) is 3.06. The number of aryl methyl sites for hydroxylation is 1. The summed E-state index contributed by atoms with van der Waals surface area (Å²) in [5.74, 6) is 0.299. The molecule has 1 heterocycles. The van der Waals surface area contributed by atoms with Gasteiger partial charge < -0.3 is 4.57 Å². The van der Waals surface area contributed by atoms with Crippen molar-refractivity contribution in [3.63, 3.8) is 0 Å². The van der Waals surface area contributed by atoms with Gasteiger partial charge >= 0.3 is 0 Å². The molecule has 124 valence electrons. The molecule has 0 spiro atoms. The summed E-state index contributed by atoms with van der Waals surface area (Å²) in [6.07, 6.45) is 7.62. The van der Waals surface area contributed by atoms with Crippen LogP contribution in [0.15, 0.2) is 65.7 Å². The van der Waals surface area contributed by atoms with Gasteiger partial charge in [0.2, 0.25) is 0 Å². The Morgan fingerprint density at radius 2 is 1.88 bits per heavy atom. The minimum absolute atomic E-state index is 0.299. The number of hydrogen-bond donors (Lipinski definition) is 0. The summed E-state index contributed by atoms with van der Waals surface area (Å²) < 4.78 is 3.19. The molecule has 0 saturated heterocycles. The molecule has 0 saturated carbocycles. The van der Waals surface area contributed by atoms with Gasteiger partial charge in [-0.2, -0.15) is 0 Å². The van der Waals surface area contributed by atoms with Crippen molar-refractivity contribution < 1.29 is 0 Å². The molecule has 0 N–H and O–H groups in total. The molecule has 3 aromatic rings. The second-order valence-corrected chi connectivity index (χ2v) is 7.55. The molecule has 2 nitrogen and oxygen atoms in total. The molecule has 2 aromatic carbocycles. The highest BCUT2D eigenvalue weighted by molar-refractivity contribution is 9.10. The molecule has 0 aliphatic carbocycles. The number of halogens is 3. The zero-order valence-corrected chi connectivity index (χ0v) is 16.1. The summed E-state index contributed by atoms with van der Waals surface area (Å²) in [5, 5.41) is 1.39. The van der Waals surface area contributed by atoms with Crippen LogP contribution >= 0.6 is 39.1 Å². The van der Waals surface area contributed by atoms with E-state index >= 15 is 0 Å². The summed E-state index contributed by atoms with van der Waals surface area (Å²) in [7, 11) is 0. The molecule has 0 fully saturated rings. The van der Waals surface area contributed by atoms with E-state index in [1.807, 2.05) is 30.7 Å². The smallest absolute Gasteiger partial charge is 0.0946 e. The van der Waals surface area contributed by atoms with E-state index in [4.69, 9.17) is 23.2 Å². The van der Waals surface area contributed by atoms with Crippen LogP contribution in [-0.4, -0.2) is 9.55 Å². The molecule has 3 rings (SSSR count). The minimum Gasteiger partial charge on any atom is -0.337 e. The first-order chi connectivity index (χ1) is 11.6. The average molecular weight is 424 g/mol. The van der Waals surface area contributed by atoms with Gasteiger partial charge in [0, 0.05) is 39.4 Å². The number of rotatable bonds is 6. The van der Waals surface area contributed by atoms with Crippen molar-refractivity contribution in [2.75, 3.05) is 0 Å². The van der Waals surface area contributed by atoms with Gasteiger partial charge in [-0.1, -0.05) is 57.3 Å². The van der Waals surface area contributed by atoms with E-state index in [0.717, 1.165) is 34.4 Å². The SMILES string of the molecule is Clc1ccc(C(CCc2ccc(Br)cc2)Cn2ccnc2)c(Cl)c1. The maximum Gasteiger partial charge on any atom is 0.0946 e. The van der Waals surface area contributed by atoms with E-state index in [0.29, 0.717) is 10.9 Å². The van der Waals surface area contributed by atoms with E-state index in [9.17, 15) is 0 Å². The molecule has 0 aliphatic rings. The lowest BCUT2D eigenvalue weighted by Gasteiger charge is -2.19. The third-order valence-electron chi connectivity index (χ3n) is 4.09. The standard InChI is InChI=1S/C19H17BrCl2N2/c20-16-5-2-14(3-6-16)1-4-15(12-24-10-9-23-13-24)18-8-7-17(21)11-19(18)22/h2-3,5-11,13,15H,1,4,12H2. The van der Waals surface area contributed by atoms with E-state index < -0.39 is 0 Å². The lowest BCUT2D eigenvalue weighted by Crippen LogP contribution is -2.10. The van der Waals surface area contributed by atoms with Gasteiger partial charge in [-0.25, -0.2) is 4.98 Å². The lowest BCUT2D eigenvalue weighted by atomic mass is 9.92. The number of hydrogen-bond acceptors (Lipinski definition) is 1. The van der Waals surface area contributed by atoms with Gasteiger partial charge in [0.05, 0.1) is 6.33 Å². The Hall–Kier alpha value is -1.29. The number of aromatic nitrogens is 2. The van der Waals surface area contributed by atoms with E-state index in [1.165, 1.54) is 5.56 Å². The largest absolute Gasteiger partial charge is 0.337 e. The van der Waals surface area contributed by atoms with Crippen LogP contribution in [0.3, 0.4) is 0 Å². The summed E-state index contributed by atoms with van der Waals surface area (Å²) >= 11 is 16.0. The van der Waals surface area contributed by atoms with Crippen LogP contribution in [-0.2, 0) is 13.0 Å². The number of nitrogens with zero attached hydrogens (tertiary/aromatic N) is 2. The predicted molar refractivity (Wildman–Crippen MR) is 104 cm³/mol. The maximum absolute atomic E-state index is 6.45. The van der Waals surface area contributed by atoms with Crippen molar-refractivity contribution in [1.82, 2.24) is 9.55 Å². The van der Waals surface area contributed by atoms with Crippen LogP contribution in [0.4, 0.5) is 0 Å². The Balaban J connectivity index is 1.80. The van der Waals surface area contributed by atoms with E-state index in [2.05, 4.69) is 49.7 Å². The third kappa shape index (κ3) is 4.62. The molecule has 0 radical (unpaired) electrons. The van der Waals surface area contributed by atoms with Gasteiger partial charge in [0.1, 0.15) is 0 Å². The Bertz CT molecular complexity index is 786. The second kappa shape index (κ2) is 8.19. The first-order valence-corrected chi connectivity index (χ1v) is 9.32. The van der Waals surface area contributed by atoms with Gasteiger partial charge in [0.25, 0.3) is 0 Å². The maximum atomic E-state index is 6.45. The third-order valence-corrected chi connectivity index (χ3v) is 5.18. The summed E-state index contributed by atoms with van der Waals surface area (Å²) in [6, 6.07) is 14.2. The fourth-order valence-corrected chi connectivity index (χ4v) is 3.65. The first kappa shape index (κ1) is 17.5. The molecule has 1 atom stereocenters. The number of benzene rings is 2. The fraction of sp³-hybridized carbons (Fsp3) is 0.211. The normalized spacial score (nSPS) is 12.3. The van der Waals surface area contributed by atoms with Gasteiger partial charge in [-0.05, 0) is 48.2 Å². The van der Waals surface area contributed by atoms with Crippen LogP contribution in [0.5, 0.6) is 0 Å². The van der Waals surface area contributed by atoms with Crippen molar-refractivity contribution in [1.29, 1.82) is 0 Å². The van der Waals surface area contributed by atoms with Crippen LogP contribution < -0.4 is 0 Å². The summed E-state index contributed by atoms with van der Waals surface area (Å²) in [6.45, 7) is 0.845. The van der Waals surface area contributed by atoms with E-state index in [-0.39, 0.29) is 0 Å².